The van der Waals surface area contributed by atoms with E-state index >= 15 is 0 Å². The number of nitrogens with one attached hydrogen (secondary N) is 1. The van der Waals surface area contributed by atoms with Crippen molar-refractivity contribution in [2.45, 2.75) is 38.4 Å². The highest BCUT2D eigenvalue weighted by atomic mass is 16.5. The maximum atomic E-state index is 12.7. The Bertz CT molecular complexity index is 957. The van der Waals surface area contributed by atoms with Crippen molar-refractivity contribution in [2.24, 2.45) is 0 Å². The lowest BCUT2D eigenvalue weighted by atomic mass is 9.99. The summed E-state index contributed by atoms with van der Waals surface area (Å²) in [5.41, 5.74) is 3.30. The van der Waals surface area contributed by atoms with Gasteiger partial charge in [0, 0.05) is 19.5 Å². The van der Waals surface area contributed by atoms with Gasteiger partial charge in [-0.15, -0.1) is 0 Å². The van der Waals surface area contributed by atoms with Gasteiger partial charge in [0.15, 0.2) is 0 Å². The summed E-state index contributed by atoms with van der Waals surface area (Å²) in [6.45, 7) is 1.48. The predicted octanol–water partition coefficient (Wildman–Crippen LogP) is 2.48. The molecule has 0 saturated carbocycles. The van der Waals surface area contributed by atoms with E-state index in [9.17, 15) is 14.4 Å². The van der Waals surface area contributed by atoms with Gasteiger partial charge in [0.25, 0.3) is 5.91 Å². The minimum absolute atomic E-state index is 0.0140. The quantitative estimate of drug-likeness (QED) is 0.747. The zero-order valence-electron chi connectivity index (χ0n) is 17.0. The number of ether oxygens (including phenoxy) is 1. The molecule has 2 aliphatic heterocycles. The van der Waals surface area contributed by atoms with Gasteiger partial charge < -0.3 is 15.0 Å². The molecule has 1 N–H and O–H groups in total. The van der Waals surface area contributed by atoms with Crippen molar-refractivity contribution in [3.8, 4) is 5.75 Å². The van der Waals surface area contributed by atoms with Crippen LogP contribution in [0.5, 0.6) is 5.75 Å². The van der Waals surface area contributed by atoms with Gasteiger partial charge in [-0.05, 0) is 41.7 Å². The van der Waals surface area contributed by atoms with Crippen molar-refractivity contribution in [1.82, 2.24) is 15.1 Å². The molecule has 1 saturated heterocycles. The SMILES string of the molecule is COc1ccc(CN2C(=O)N[C@H](CCC(=O)N3CCc4ccccc4C3)C2=O)cc1. The monoisotopic (exact) mass is 407 g/mol. The first-order valence-electron chi connectivity index (χ1n) is 10.1. The molecule has 1 fully saturated rings. The van der Waals surface area contributed by atoms with Crippen LogP contribution in [0.2, 0.25) is 0 Å². The summed E-state index contributed by atoms with van der Waals surface area (Å²) in [5, 5.41) is 2.71. The second-order valence-corrected chi connectivity index (χ2v) is 7.65. The summed E-state index contributed by atoms with van der Waals surface area (Å²) in [6.07, 6.45) is 1.38. The Morgan fingerprint density at radius 2 is 1.83 bits per heavy atom. The summed E-state index contributed by atoms with van der Waals surface area (Å²) in [6, 6.07) is 14.3. The number of methoxy groups -OCH3 is 1. The topological polar surface area (TPSA) is 79.0 Å². The van der Waals surface area contributed by atoms with Crippen molar-refractivity contribution >= 4 is 17.8 Å². The number of carbonyl (C=O) groups excluding carboxylic acids is 3. The molecule has 2 heterocycles. The number of hydrogen-bond donors (Lipinski definition) is 1. The van der Waals surface area contributed by atoms with Crippen molar-refractivity contribution < 1.29 is 19.1 Å². The fraction of sp³-hybridized carbons (Fsp3) is 0.348. The summed E-state index contributed by atoms with van der Waals surface area (Å²) in [5.74, 6) is 0.445. The smallest absolute Gasteiger partial charge is 0.325 e. The van der Waals surface area contributed by atoms with E-state index in [0.717, 1.165) is 12.0 Å². The summed E-state index contributed by atoms with van der Waals surface area (Å²) < 4.78 is 5.13. The third-order valence-corrected chi connectivity index (χ3v) is 5.74. The number of amides is 4. The predicted molar refractivity (Wildman–Crippen MR) is 111 cm³/mol. The van der Waals surface area contributed by atoms with Crippen LogP contribution < -0.4 is 10.1 Å². The largest absolute Gasteiger partial charge is 0.497 e. The standard InChI is InChI=1S/C23H25N3O4/c1-30-19-8-6-16(7-9-19)14-26-22(28)20(24-23(26)29)10-11-21(27)25-13-12-17-4-2-3-5-18(17)15-25/h2-9,20H,10-15H2,1H3,(H,24,29)/t20-/m1/s1. The van der Waals surface area contributed by atoms with Gasteiger partial charge in [-0.1, -0.05) is 36.4 Å². The highest BCUT2D eigenvalue weighted by Gasteiger charge is 2.38. The summed E-state index contributed by atoms with van der Waals surface area (Å²) in [7, 11) is 1.58. The molecule has 0 aliphatic carbocycles. The summed E-state index contributed by atoms with van der Waals surface area (Å²) >= 11 is 0. The highest BCUT2D eigenvalue weighted by Crippen LogP contribution is 2.21. The van der Waals surface area contributed by atoms with Gasteiger partial charge in [0.1, 0.15) is 11.8 Å². The molecule has 2 aliphatic rings. The van der Waals surface area contributed by atoms with Crippen LogP contribution in [-0.2, 0) is 29.1 Å². The van der Waals surface area contributed by atoms with Crippen molar-refractivity contribution in [1.29, 1.82) is 0 Å². The Labute approximate surface area is 175 Å². The molecule has 0 radical (unpaired) electrons. The van der Waals surface area contributed by atoms with Gasteiger partial charge in [-0.3, -0.25) is 14.5 Å². The molecule has 156 valence electrons. The molecule has 4 amide bonds. The number of fused-ring (bicyclic) bond motifs is 1. The van der Waals surface area contributed by atoms with Crippen LogP contribution in [0.3, 0.4) is 0 Å². The first-order chi connectivity index (χ1) is 14.5. The average molecular weight is 407 g/mol. The molecule has 0 spiro atoms. The Hall–Kier alpha value is -3.35. The maximum absolute atomic E-state index is 12.7. The molecule has 0 aromatic heterocycles. The molecule has 0 unspecified atom stereocenters. The van der Waals surface area contributed by atoms with Crippen LogP contribution in [0.15, 0.2) is 48.5 Å². The molecule has 4 rings (SSSR count). The molecule has 1 atom stereocenters. The van der Waals surface area contributed by atoms with E-state index in [0.29, 0.717) is 25.3 Å². The zero-order chi connectivity index (χ0) is 21.1. The number of urea groups is 1. The minimum atomic E-state index is -0.656. The maximum Gasteiger partial charge on any atom is 0.325 e. The highest BCUT2D eigenvalue weighted by molar-refractivity contribution is 6.04. The van der Waals surface area contributed by atoms with Crippen LogP contribution in [0.1, 0.15) is 29.5 Å². The van der Waals surface area contributed by atoms with E-state index in [1.54, 1.807) is 19.2 Å². The molecule has 2 aromatic carbocycles. The Kier molecular flexibility index (Phi) is 5.70. The third kappa shape index (κ3) is 4.15. The lowest BCUT2D eigenvalue weighted by Crippen LogP contribution is -2.37. The number of nitrogens with zero attached hydrogens (tertiary/aromatic N) is 2. The van der Waals surface area contributed by atoms with Crippen LogP contribution in [0.4, 0.5) is 4.79 Å². The normalized spacial score (nSPS) is 18.2. The molecular formula is C23H25N3O4. The van der Waals surface area contributed by atoms with E-state index in [-0.39, 0.29) is 24.8 Å². The average Bonchev–Trinajstić information content (AvgIpc) is 3.05. The second kappa shape index (κ2) is 8.57. The number of carbonyl (C=O) groups is 3. The minimum Gasteiger partial charge on any atom is -0.497 e. The van der Waals surface area contributed by atoms with Gasteiger partial charge in [-0.25, -0.2) is 4.79 Å². The van der Waals surface area contributed by atoms with Gasteiger partial charge in [0.2, 0.25) is 5.91 Å². The van der Waals surface area contributed by atoms with Crippen LogP contribution in [0, 0.1) is 0 Å². The molecule has 2 aromatic rings. The number of imide groups is 1. The third-order valence-electron chi connectivity index (χ3n) is 5.74. The molecular weight excluding hydrogens is 382 g/mol. The molecule has 7 nitrogen and oxygen atoms in total. The Balaban J connectivity index is 1.31. The van der Waals surface area contributed by atoms with E-state index < -0.39 is 12.1 Å². The second-order valence-electron chi connectivity index (χ2n) is 7.65. The van der Waals surface area contributed by atoms with Crippen molar-refractivity contribution in [3.63, 3.8) is 0 Å². The lowest BCUT2D eigenvalue weighted by molar-refractivity contribution is -0.132. The van der Waals surface area contributed by atoms with Gasteiger partial charge in [-0.2, -0.15) is 0 Å². The van der Waals surface area contributed by atoms with Crippen molar-refractivity contribution in [3.05, 3.63) is 65.2 Å². The van der Waals surface area contributed by atoms with Gasteiger partial charge in [0.05, 0.1) is 13.7 Å². The molecule has 7 heteroatoms. The molecule has 0 bridgehead atoms. The summed E-state index contributed by atoms with van der Waals surface area (Å²) in [4.78, 5) is 40.7. The fourth-order valence-electron chi connectivity index (χ4n) is 3.97. The number of rotatable bonds is 6. The van der Waals surface area contributed by atoms with Crippen LogP contribution in [-0.4, -0.2) is 47.3 Å². The number of benzene rings is 2. The Morgan fingerprint density at radius 1 is 1.10 bits per heavy atom. The van der Waals surface area contributed by atoms with E-state index in [1.807, 2.05) is 35.2 Å². The number of hydrogen-bond acceptors (Lipinski definition) is 4. The van der Waals surface area contributed by atoms with Gasteiger partial charge >= 0.3 is 6.03 Å². The zero-order valence-corrected chi connectivity index (χ0v) is 17.0. The van der Waals surface area contributed by atoms with Crippen LogP contribution in [0.25, 0.3) is 0 Å². The van der Waals surface area contributed by atoms with E-state index in [1.165, 1.54) is 16.0 Å². The molecule has 30 heavy (non-hydrogen) atoms. The van der Waals surface area contributed by atoms with Crippen LogP contribution >= 0.6 is 0 Å². The van der Waals surface area contributed by atoms with E-state index in [2.05, 4.69) is 11.4 Å². The van der Waals surface area contributed by atoms with Crippen molar-refractivity contribution in [2.75, 3.05) is 13.7 Å². The fourth-order valence-corrected chi connectivity index (χ4v) is 3.97. The Morgan fingerprint density at radius 3 is 2.57 bits per heavy atom. The first-order valence-corrected chi connectivity index (χ1v) is 10.1. The first kappa shape index (κ1) is 19.9. The lowest BCUT2D eigenvalue weighted by Gasteiger charge is -2.29. The van der Waals surface area contributed by atoms with E-state index in [4.69, 9.17) is 4.74 Å².